The van der Waals surface area contributed by atoms with Crippen LogP contribution in [0.25, 0.3) is 11.7 Å². The SMILES string of the molecule is COc1cc(/C=C/C(=O)OCc2cc(=O)n3c(C)cccc3n2)ccc1OC(C)C. The number of aryl methyl sites for hydroxylation is 1. The molecule has 0 aliphatic rings. The lowest BCUT2D eigenvalue weighted by Crippen LogP contribution is -2.18. The summed E-state index contributed by atoms with van der Waals surface area (Å²) in [4.78, 5) is 28.7. The molecule has 0 spiro atoms. The summed E-state index contributed by atoms with van der Waals surface area (Å²) in [6, 6.07) is 12.1. The fourth-order valence-corrected chi connectivity index (χ4v) is 2.93. The third-order valence-corrected chi connectivity index (χ3v) is 4.26. The maximum absolute atomic E-state index is 12.3. The zero-order valence-corrected chi connectivity index (χ0v) is 17.4. The first-order valence-electron chi connectivity index (χ1n) is 9.55. The summed E-state index contributed by atoms with van der Waals surface area (Å²) in [6.45, 7) is 5.61. The van der Waals surface area contributed by atoms with Crippen LogP contribution < -0.4 is 15.0 Å². The molecule has 7 heteroatoms. The van der Waals surface area contributed by atoms with E-state index in [-0.39, 0.29) is 18.3 Å². The summed E-state index contributed by atoms with van der Waals surface area (Å²) >= 11 is 0. The number of carbonyl (C=O) groups is 1. The second-order valence-electron chi connectivity index (χ2n) is 6.96. The highest BCUT2D eigenvalue weighted by molar-refractivity contribution is 5.87. The van der Waals surface area contributed by atoms with Gasteiger partial charge in [0.2, 0.25) is 0 Å². The van der Waals surface area contributed by atoms with Crippen molar-refractivity contribution in [2.45, 2.75) is 33.5 Å². The van der Waals surface area contributed by atoms with Crippen molar-refractivity contribution in [1.29, 1.82) is 0 Å². The van der Waals surface area contributed by atoms with E-state index < -0.39 is 5.97 Å². The van der Waals surface area contributed by atoms with Crippen LogP contribution in [0.2, 0.25) is 0 Å². The van der Waals surface area contributed by atoms with E-state index in [1.165, 1.54) is 16.5 Å². The zero-order valence-electron chi connectivity index (χ0n) is 17.4. The fourth-order valence-electron chi connectivity index (χ4n) is 2.93. The summed E-state index contributed by atoms with van der Waals surface area (Å²) < 4.78 is 17.7. The Kier molecular flexibility index (Phi) is 6.51. The molecule has 30 heavy (non-hydrogen) atoms. The van der Waals surface area contributed by atoms with E-state index in [0.29, 0.717) is 22.8 Å². The summed E-state index contributed by atoms with van der Waals surface area (Å²) in [6.07, 6.45) is 2.96. The molecule has 3 rings (SSSR count). The smallest absolute Gasteiger partial charge is 0.331 e. The van der Waals surface area contributed by atoms with Gasteiger partial charge in [-0.3, -0.25) is 9.20 Å². The van der Waals surface area contributed by atoms with Gasteiger partial charge in [-0.2, -0.15) is 0 Å². The fraction of sp³-hybridized carbons (Fsp3) is 0.261. The van der Waals surface area contributed by atoms with Crippen LogP contribution in [0, 0.1) is 6.92 Å². The molecule has 0 aliphatic carbocycles. The topological polar surface area (TPSA) is 79.1 Å². The number of carbonyl (C=O) groups excluding carboxylic acids is 1. The molecule has 0 amide bonds. The summed E-state index contributed by atoms with van der Waals surface area (Å²) in [5, 5.41) is 0. The first-order valence-corrected chi connectivity index (χ1v) is 9.55. The number of aromatic nitrogens is 2. The second-order valence-corrected chi connectivity index (χ2v) is 6.96. The number of nitrogens with zero attached hydrogens (tertiary/aromatic N) is 2. The van der Waals surface area contributed by atoms with E-state index in [1.807, 2.05) is 39.0 Å². The Morgan fingerprint density at radius 1 is 1.17 bits per heavy atom. The van der Waals surface area contributed by atoms with Crippen molar-refractivity contribution >= 4 is 17.7 Å². The number of hydrogen-bond donors (Lipinski definition) is 0. The third kappa shape index (κ3) is 5.05. The molecule has 0 saturated carbocycles. The maximum atomic E-state index is 12.3. The van der Waals surface area contributed by atoms with Crippen molar-refractivity contribution in [3.05, 3.63) is 75.8 Å². The van der Waals surface area contributed by atoms with E-state index in [0.717, 1.165) is 11.3 Å². The summed E-state index contributed by atoms with van der Waals surface area (Å²) in [5.74, 6) is 0.675. The quantitative estimate of drug-likeness (QED) is 0.439. The molecule has 0 radical (unpaired) electrons. The molecule has 0 saturated heterocycles. The molecule has 2 aromatic heterocycles. The van der Waals surface area contributed by atoms with E-state index in [1.54, 1.807) is 31.4 Å². The van der Waals surface area contributed by atoms with Crippen molar-refractivity contribution in [2.24, 2.45) is 0 Å². The van der Waals surface area contributed by atoms with Gasteiger partial charge in [0.25, 0.3) is 5.56 Å². The molecule has 0 atom stereocenters. The van der Waals surface area contributed by atoms with Crippen LogP contribution in [0.15, 0.2) is 53.3 Å². The van der Waals surface area contributed by atoms with Gasteiger partial charge in [-0.25, -0.2) is 9.78 Å². The van der Waals surface area contributed by atoms with E-state index in [4.69, 9.17) is 14.2 Å². The van der Waals surface area contributed by atoms with Crippen molar-refractivity contribution in [2.75, 3.05) is 7.11 Å². The Bertz CT molecular complexity index is 1150. The number of esters is 1. The average Bonchev–Trinajstić information content (AvgIpc) is 2.71. The van der Waals surface area contributed by atoms with Gasteiger partial charge in [0.1, 0.15) is 12.3 Å². The Morgan fingerprint density at radius 2 is 1.97 bits per heavy atom. The molecule has 1 aromatic carbocycles. The van der Waals surface area contributed by atoms with Gasteiger partial charge in [0.05, 0.1) is 18.9 Å². The molecule has 0 aliphatic heterocycles. The van der Waals surface area contributed by atoms with Crippen LogP contribution in [-0.2, 0) is 16.1 Å². The molecule has 0 bridgehead atoms. The van der Waals surface area contributed by atoms with Crippen LogP contribution >= 0.6 is 0 Å². The number of benzene rings is 1. The van der Waals surface area contributed by atoms with Gasteiger partial charge in [0, 0.05) is 17.8 Å². The van der Waals surface area contributed by atoms with Gasteiger partial charge < -0.3 is 14.2 Å². The minimum absolute atomic E-state index is 0.0240. The lowest BCUT2D eigenvalue weighted by molar-refractivity contribution is -0.139. The van der Waals surface area contributed by atoms with Crippen molar-refractivity contribution in [1.82, 2.24) is 9.38 Å². The van der Waals surface area contributed by atoms with Crippen LogP contribution in [0.1, 0.15) is 30.8 Å². The predicted molar refractivity (Wildman–Crippen MR) is 114 cm³/mol. The Labute approximate surface area is 174 Å². The number of rotatable bonds is 7. The molecule has 156 valence electrons. The average molecular weight is 408 g/mol. The van der Waals surface area contributed by atoms with Crippen molar-refractivity contribution < 1.29 is 19.0 Å². The lowest BCUT2D eigenvalue weighted by Gasteiger charge is -2.13. The van der Waals surface area contributed by atoms with Crippen LogP contribution in [0.5, 0.6) is 11.5 Å². The summed E-state index contributed by atoms with van der Waals surface area (Å²) in [7, 11) is 1.56. The van der Waals surface area contributed by atoms with Crippen LogP contribution in [0.3, 0.4) is 0 Å². The first-order chi connectivity index (χ1) is 14.4. The molecule has 0 N–H and O–H groups in total. The number of hydrogen-bond acceptors (Lipinski definition) is 6. The minimum atomic E-state index is -0.539. The molecular formula is C23H24N2O5. The van der Waals surface area contributed by atoms with Crippen LogP contribution in [0.4, 0.5) is 0 Å². The van der Waals surface area contributed by atoms with Gasteiger partial charge in [-0.1, -0.05) is 12.1 Å². The molecule has 7 nitrogen and oxygen atoms in total. The van der Waals surface area contributed by atoms with E-state index >= 15 is 0 Å². The number of ether oxygens (including phenoxy) is 3. The number of methoxy groups -OCH3 is 1. The van der Waals surface area contributed by atoms with Gasteiger partial charge in [0.15, 0.2) is 11.5 Å². The Morgan fingerprint density at radius 3 is 2.70 bits per heavy atom. The standard InChI is InChI=1S/C23H24N2O5/c1-15(2)30-19-10-8-17(12-20(19)28-4)9-11-23(27)29-14-18-13-22(26)25-16(3)6-5-7-21(25)24-18/h5-13,15H,14H2,1-4H3/b11-9+. The summed E-state index contributed by atoms with van der Waals surface area (Å²) in [5.41, 5.74) is 2.24. The molecule has 2 heterocycles. The maximum Gasteiger partial charge on any atom is 0.331 e. The van der Waals surface area contributed by atoms with Gasteiger partial charge >= 0.3 is 5.97 Å². The normalized spacial score (nSPS) is 11.2. The van der Waals surface area contributed by atoms with Gasteiger partial charge in [-0.15, -0.1) is 0 Å². The van der Waals surface area contributed by atoms with Crippen LogP contribution in [-0.4, -0.2) is 28.6 Å². The van der Waals surface area contributed by atoms with Crippen molar-refractivity contribution in [3.63, 3.8) is 0 Å². The highest BCUT2D eigenvalue weighted by atomic mass is 16.5. The largest absolute Gasteiger partial charge is 0.493 e. The molecule has 3 aromatic rings. The number of pyridine rings is 1. The second kappa shape index (κ2) is 9.26. The van der Waals surface area contributed by atoms with Gasteiger partial charge in [-0.05, 0) is 56.7 Å². The molecule has 0 fully saturated rings. The monoisotopic (exact) mass is 408 g/mol. The molecular weight excluding hydrogens is 384 g/mol. The lowest BCUT2D eigenvalue weighted by atomic mass is 10.2. The third-order valence-electron chi connectivity index (χ3n) is 4.26. The molecule has 0 unspecified atom stereocenters. The number of fused-ring (bicyclic) bond motifs is 1. The first kappa shape index (κ1) is 21.1. The Hall–Kier alpha value is -3.61. The predicted octanol–water partition coefficient (Wildman–Crippen LogP) is 3.56. The highest BCUT2D eigenvalue weighted by Crippen LogP contribution is 2.29. The Balaban J connectivity index is 1.67. The van der Waals surface area contributed by atoms with Crippen molar-refractivity contribution in [3.8, 4) is 11.5 Å². The van der Waals surface area contributed by atoms with E-state index in [2.05, 4.69) is 4.98 Å². The zero-order chi connectivity index (χ0) is 21.7. The highest BCUT2D eigenvalue weighted by Gasteiger charge is 2.08. The minimum Gasteiger partial charge on any atom is -0.493 e. The van der Waals surface area contributed by atoms with E-state index in [9.17, 15) is 9.59 Å².